The van der Waals surface area contributed by atoms with E-state index < -0.39 is 10.0 Å². The summed E-state index contributed by atoms with van der Waals surface area (Å²) in [6.07, 6.45) is 12.5. The second-order valence-corrected chi connectivity index (χ2v) is 9.08. The van der Waals surface area contributed by atoms with Crippen LogP contribution in [-0.4, -0.2) is 43.3 Å². The first-order chi connectivity index (χ1) is 9.95. The average molecular weight is 317 g/mol. The van der Waals surface area contributed by atoms with E-state index in [4.69, 9.17) is 0 Å². The van der Waals surface area contributed by atoms with Crippen LogP contribution in [0, 0.1) is 11.8 Å². The Morgan fingerprint density at radius 2 is 1.76 bits per heavy atom. The van der Waals surface area contributed by atoms with Crippen molar-refractivity contribution in [1.29, 1.82) is 0 Å². The lowest BCUT2D eigenvalue weighted by molar-refractivity contribution is 0.105. The van der Waals surface area contributed by atoms with E-state index in [0.29, 0.717) is 19.0 Å². The Kier molecular flexibility index (Phi) is 6.51. The van der Waals surface area contributed by atoms with Crippen LogP contribution in [0.25, 0.3) is 0 Å². The number of rotatable bonds is 6. The summed E-state index contributed by atoms with van der Waals surface area (Å²) in [4.78, 5) is 0. The van der Waals surface area contributed by atoms with Gasteiger partial charge in [0.25, 0.3) is 0 Å². The fourth-order valence-corrected chi connectivity index (χ4v) is 4.87. The van der Waals surface area contributed by atoms with Gasteiger partial charge in [0, 0.05) is 13.1 Å². The largest absolute Gasteiger partial charge is 0.393 e. The molecule has 1 saturated heterocycles. The third-order valence-corrected chi connectivity index (χ3v) is 6.46. The van der Waals surface area contributed by atoms with E-state index in [9.17, 15) is 13.5 Å². The van der Waals surface area contributed by atoms with E-state index >= 15 is 0 Å². The van der Waals surface area contributed by atoms with Crippen LogP contribution in [0.2, 0.25) is 0 Å². The van der Waals surface area contributed by atoms with E-state index in [1.807, 2.05) is 0 Å². The van der Waals surface area contributed by atoms with Gasteiger partial charge in [0.1, 0.15) is 0 Å². The lowest BCUT2D eigenvalue weighted by atomic mass is 9.84. The van der Waals surface area contributed by atoms with Crippen LogP contribution in [-0.2, 0) is 10.0 Å². The summed E-state index contributed by atoms with van der Waals surface area (Å²) in [7, 11) is -3.07. The summed E-state index contributed by atoms with van der Waals surface area (Å²) >= 11 is 0. The van der Waals surface area contributed by atoms with Crippen LogP contribution in [0.3, 0.4) is 0 Å². The first-order valence-electron chi connectivity index (χ1n) is 8.58. The molecule has 4 nitrogen and oxygen atoms in total. The summed E-state index contributed by atoms with van der Waals surface area (Å²) in [6.45, 7) is 1.24. The SMILES string of the molecule is CS(=O)(=O)N1CCCC(CC(O)CCC2CCCCC2)C1. The van der Waals surface area contributed by atoms with Gasteiger partial charge >= 0.3 is 0 Å². The van der Waals surface area contributed by atoms with Gasteiger partial charge in [-0.15, -0.1) is 0 Å². The fourth-order valence-electron chi connectivity index (χ4n) is 3.93. The van der Waals surface area contributed by atoms with Crippen LogP contribution in [0.15, 0.2) is 0 Å². The van der Waals surface area contributed by atoms with E-state index in [-0.39, 0.29) is 6.10 Å². The number of hydrogen-bond donors (Lipinski definition) is 1. The van der Waals surface area contributed by atoms with Gasteiger partial charge in [0.05, 0.1) is 12.4 Å². The van der Waals surface area contributed by atoms with Crippen molar-refractivity contribution in [3.8, 4) is 0 Å². The molecule has 21 heavy (non-hydrogen) atoms. The number of hydrogen-bond acceptors (Lipinski definition) is 3. The predicted octanol–water partition coefficient (Wildman–Crippen LogP) is 2.77. The lowest BCUT2D eigenvalue weighted by Crippen LogP contribution is -2.40. The Morgan fingerprint density at radius 3 is 2.43 bits per heavy atom. The van der Waals surface area contributed by atoms with Gasteiger partial charge in [-0.2, -0.15) is 0 Å². The van der Waals surface area contributed by atoms with Crippen LogP contribution >= 0.6 is 0 Å². The summed E-state index contributed by atoms with van der Waals surface area (Å²) in [6, 6.07) is 0. The van der Waals surface area contributed by atoms with Crippen LogP contribution < -0.4 is 0 Å². The zero-order valence-corrected chi connectivity index (χ0v) is 14.2. The minimum absolute atomic E-state index is 0.253. The van der Waals surface area contributed by atoms with Gasteiger partial charge in [-0.1, -0.05) is 32.1 Å². The highest BCUT2D eigenvalue weighted by Crippen LogP contribution is 2.29. The van der Waals surface area contributed by atoms with Gasteiger partial charge in [0.15, 0.2) is 0 Å². The Morgan fingerprint density at radius 1 is 1.10 bits per heavy atom. The molecule has 0 aromatic rings. The quantitative estimate of drug-likeness (QED) is 0.819. The molecule has 2 aliphatic rings. The Hall–Kier alpha value is -0.130. The zero-order chi connectivity index (χ0) is 15.3. The predicted molar refractivity (Wildman–Crippen MR) is 85.6 cm³/mol. The van der Waals surface area contributed by atoms with Crippen LogP contribution in [0.4, 0.5) is 0 Å². The first kappa shape index (κ1) is 17.2. The van der Waals surface area contributed by atoms with Crippen LogP contribution in [0.1, 0.15) is 64.2 Å². The maximum absolute atomic E-state index is 11.6. The molecular formula is C16H31NO3S. The highest BCUT2D eigenvalue weighted by Gasteiger charge is 2.27. The van der Waals surface area contributed by atoms with E-state index in [1.54, 1.807) is 4.31 Å². The number of aliphatic hydroxyl groups excluding tert-OH is 1. The Balaban J connectivity index is 1.70. The molecule has 2 atom stereocenters. The van der Waals surface area contributed by atoms with Gasteiger partial charge < -0.3 is 5.11 Å². The maximum Gasteiger partial charge on any atom is 0.211 e. The third kappa shape index (κ3) is 5.87. The van der Waals surface area contributed by atoms with E-state index in [2.05, 4.69) is 0 Å². The van der Waals surface area contributed by atoms with E-state index in [0.717, 1.165) is 38.0 Å². The van der Waals surface area contributed by atoms with Gasteiger partial charge in [-0.3, -0.25) is 0 Å². The molecule has 2 unspecified atom stereocenters. The van der Waals surface area contributed by atoms with Gasteiger partial charge in [0.2, 0.25) is 10.0 Å². The topological polar surface area (TPSA) is 57.6 Å². The highest BCUT2D eigenvalue weighted by molar-refractivity contribution is 7.88. The molecule has 124 valence electrons. The number of piperidine rings is 1. The molecule has 5 heteroatoms. The van der Waals surface area contributed by atoms with Crippen molar-refractivity contribution in [2.45, 2.75) is 70.3 Å². The monoisotopic (exact) mass is 317 g/mol. The molecule has 1 N–H and O–H groups in total. The Labute approximate surface area is 130 Å². The number of sulfonamides is 1. The molecule has 1 aliphatic carbocycles. The molecular weight excluding hydrogens is 286 g/mol. The smallest absolute Gasteiger partial charge is 0.211 e. The minimum Gasteiger partial charge on any atom is -0.393 e. The normalized spacial score (nSPS) is 27.6. The molecule has 2 rings (SSSR count). The van der Waals surface area contributed by atoms with Crippen LogP contribution in [0.5, 0.6) is 0 Å². The molecule has 0 amide bonds. The van der Waals surface area contributed by atoms with Gasteiger partial charge in [-0.25, -0.2) is 12.7 Å². The molecule has 0 aromatic heterocycles. The van der Waals surface area contributed by atoms with Gasteiger partial charge in [-0.05, 0) is 43.9 Å². The fraction of sp³-hybridized carbons (Fsp3) is 1.00. The molecule has 1 saturated carbocycles. The molecule has 0 spiro atoms. The highest BCUT2D eigenvalue weighted by atomic mass is 32.2. The van der Waals surface area contributed by atoms with E-state index in [1.165, 1.54) is 38.4 Å². The molecule has 1 heterocycles. The summed E-state index contributed by atoms with van der Waals surface area (Å²) < 4.78 is 24.8. The second-order valence-electron chi connectivity index (χ2n) is 7.10. The zero-order valence-electron chi connectivity index (χ0n) is 13.3. The molecule has 1 aliphatic heterocycles. The van der Waals surface area contributed by atoms with Crippen molar-refractivity contribution in [2.24, 2.45) is 11.8 Å². The van der Waals surface area contributed by atoms with Crippen molar-refractivity contribution < 1.29 is 13.5 Å². The number of nitrogens with zero attached hydrogens (tertiary/aromatic N) is 1. The van der Waals surface area contributed by atoms with Crippen molar-refractivity contribution in [3.63, 3.8) is 0 Å². The summed E-state index contributed by atoms with van der Waals surface area (Å²) in [5.41, 5.74) is 0. The molecule has 0 aromatic carbocycles. The van der Waals surface area contributed by atoms with Crippen molar-refractivity contribution in [3.05, 3.63) is 0 Å². The second kappa shape index (κ2) is 7.93. The first-order valence-corrected chi connectivity index (χ1v) is 10.4. The van der Waals surface area contributed by atoms with Crippen molar-refractivity contribution in [2.75, 3.05) is 19.3 Å². The third-order valence-electron chi connectivity index (χ3n) is 5.19. The minimum atomic E-state index is -3.07. The average Bonchev–Trinajstić information content (AvgIpc) is 2.46. The lowest BCUT2D eigenvalue weighted by Gasteiger charge is -2.32. The molecule has 2 fully saturated rings. The molecule has 0 bridgehead atoms. The maximum atomic E-state index is 11.6. The van der Waals surface area contributed by atoms with Crippen molar-refractivity contribution >= 4 is 10.0 Å². The standard InChI is InChI=1S/C16H31NO3S/c1-21(19,20)17-11-5-8-15(13-17)12-16(18)10-9-14-6-3-2-4-7-14/h14-16,18H,2-13H2,1H3. The number of aliphatic hydroxyl groups is 1. The van der Waals surface area contributed by atoms with Crippen molar-refractivity contribution in [1.82, 2.24) is 4.31 Å². The summed E-state index contributed by atoms with van der Waals surface area (Å²) in [5, 5.41) is 10.3. The Bertz CT molecular complexity index is 404. The summed E-state index contributed by atoms with van der Waals surface area (Å²) in [5.74, 6) is 1.14. The molecule has 0 radical (unpaired) electrons.